The fourth-order valence-corrected chi connectivity index (χ4v) is 3.42. The summed E-state index contributed by atoms with van der Waals surface area (Å²) in [6.45, 7) is 1.63. The van der Waals surface area contributed by atoms with Gasteiger partial charge in [0.25, 0.3) is 0 Å². The molecule has 1 aromatic heterocycles. The van der Waals surface area contributed by atoms with Gasteiger partial charge in [-0.25, -0.2) is 4.98 Å². The van der Waals surface area contributed by atoms with Crippen LogP contribution in [0.4, 0.5) is 13.2 Å². The lowest BCUT2D eigenvalue weighted by Gasteiger charge is -2.35. The molecule has 0 spiro atoms. The number of rotatable bonds is 3. The molecule has 0 saturated carbocycles. The van der Waals surface area contributed by atoms with Crippen molar-refractivity contribution in [1.82, 2.24) is 14.5 Å². The molecule has 1 aliphatic rings. The van der Waals surface area contributed by atoms with E-state index in [1.165, 1.54) is 17.0 Å². The molecule has 9 heteroatoms. The Morgan fingerprint density at radius 2 is 1.96 bits per heavy atom. The average Bonchev–Trinajstić information content (AvgIpc) is 2.93. The summed E-state index contributed by atoms with van der Waals surface area (Å²) in [4.78, 5) is 28.8. The number of para-hydroxylation sites is 2. The lowest BCUT2D eigenvalue weighted by molar-refractivity contribution is -0.149. The van der Waals surface area contributed by atoms with Crippen LogP contribution in [0.3, 0.4) is 0 Å². The SMILES string of the molecule is CC1CC(C(=O)O)CN(C(=O)Cn2c(C(F)(F)F)nc3ccccc32)C1. The van der Waals surface area contributed by atoms with Gasteiger partial charge in [0.15, 0.2) is 0 Å². The van der Waals surface area contributed by atoms with Crippen LogP contribution in [0.25, 0.3) is 11.0 Å². The monoisotopic (exact) mass is 369 g/mol. The number of nitrogens with zero attached hydrogens (tertiary/aromatic N) is 3. The van der Waals surface area contributed by atoms with Gasteiger partial charge in [0.1, 0.15) is 6.54 Å². The molecule has 1 aliphatic heterocycles. The first-order valence-electron chi connectivity index (χ1n) is 8.20. The summed E-state index contributed by atoms with van der Waals surface area (Å²) >= 11 is 0. The van der Waals surface area contributed by atoms with Crippen molar-refractivity contribution in [3.63, 3.8) is 0 Å². The second kappa shape index (κ2) is 6.62. The number of imidazole rings is 1. The van der Waals surface area contributed by atoms with Crippen molar-refractivity contribution < 1.29 is 27.9 Å². The van der Waals surface area contributed by atoms with E-state index in [0.29, 0.717) is 13.0 Å². The highest BCUT2D eigenvalue weighted by Crippen LogP contribution is 2.32. The second-order valence-electron chi connectivity index (χ2n) is 6.68. The molecule has 1 N–H and O–H groups in total. The maximum atomic E-state index is 13.3. The van der Waals surface area contributed by atoms with Gasteiger partial charge in [0.2, 0.25) is 11.7 Å². The van der Waals surface area contributed by atoms with E-state index in [4.69, 9.17) is 0 Å². The summed E-state index contributed by atoms with van der Waals surface area (Å²) in [7, 11) is 0. The van der Waals surface area contributed by atoms with Crippen molar-refractivity contribution in [3.8, 4) is 0 Å². The van der Waals surface area contributed by atoms with Gasteiger partial charge in [-0.05, 0) is 24.5 Å². The zero-order chi connectivity index (χ0) is 19.1. The smallest absolute Gasteiger partial charge is 0.449 e. The molecule has 1 aromatic carbocycles. The first kappa shape index (κ1) is 18.2. The van der Waals surface area contributed by atoms with E-state index in [0.717, 1.165) is 4.57 Å². The van der Waals surface area contributed by atoms with E-state index in [-0.39, 0.29) is 23.5 Å². The maximum Gasteiger partial charge on any atom is 0.449 e. The highest BCUT2D eigenvalue weighted by molar-refractivity contribution is 5.82. The molecular formula is C17H18F3N3O3. The normalized spacial score (nSPS) is 21.2. The summed E-state index contributed by atoms with van der Waals surface area (Å²) in [6.07, 6.45) is -4.25. The molecule has 1 saturated heterocycles. The Kier molecular flexibility index (Phi) is 4.64. The minimum absolute atomic E-state index is 0.00644. The van der Waals surface area contributed by atoms with Gasteiger partial charge in [-0.1, -0.05) is 19.1 Å². The minimum atomic E-state index is -4.70. The van der Waals surface area contributed by atoms with E-state index >= 15 is 0 Å². The number of carboxylic acid groups (broad SMARTS) is 1. The van der Waals surface area contributed by atoms with Crippen LogP contribution in [0.5, 0.6) is 0 Å². The number of aromatic nitrogens is 2. The number of benzene rings is 1. The Morgan fingerprint density at radius 1 is 1.27 bits per heavy atom. The molecule has 2 heterocycles. The Labute approximate surface area is 147 Å². The highest BCUT2D eigenvalue weighted by atomic mass is 19.4. The molecule has 2 unspecified atom stereocenters. The Morgan fingerprint density at radius 3 is 2.62 bits per heavy atom. The van der Waals surface area contributed by atoms with Crippen LogP contribution in [0, 0.1) is 11.8 Å². The average molecular weight is 369 g/mol. The number of aliphatic carboxylic acids is 1. The van der Waals surface area contributed by atoms with Crippen LogP contribution in [-0.2, 0) is 22.3 Å². The number of hydrogen-bond donors (Lipinski definition) is 1. The fourth-order valence-electron chi connectivity index (χ4n) is 3.42. The number of fused-ring (bicyclic) bond motifs is 1. The molecule has 2 aromatic rings. The number of carbonyl (C=O) groups excluding carboxylic acids is 1. The van der Waals surface area contributed by atoms with Crippen molar-refractivity contribution in [2.24, 2.45) is 11.8 Å². The summed E-state index contributed by atoms with van der Waals surface area (Å²) in [6, 6.07) is 6.08. The number of piperidine rings is 1. The van der Waals surface area contributed by atoms with Gasteiger partial charge in [-0.3, -0.25) is 9.59 Å². The molecule has 2 atom stereocenters. The lowest BCUT2D eigenvalue weighted by Crippen LogP contribution is -2.46. The van der Waals surface area contributed by atoms with Crippen molar-refractivity contribution >= 4 is 22.9 Å². The van der Waals surface area contributed by atoms with Crippen LogP contribution in [0.1, 0.15) is 19.2 Å². The Hall–Kier alpha value is -2.58. The molecule has 6 nitrogen and oxygen atoms in total. The highest BCUT2D eigenvalue weighted by Gasteiger charge is 2.39. The summed E-state index contributed by atoms with van der Waals surface area (Å²) in [5.41, 5.74) is 0.371. The predicted molar refractivity (Wildman–Crippen MR) is 86.2 cm³/mol. The van der Waals surface area contributed by atoms with Crippen LogP contribution in [-0.4, -0.2) is 44.5 Å². The zero-order valence-corrected chi connectivity index (χ0v) is 14.0. The lowest BCUT2D eigenvalue weighted by atomic mass is 9.90. The van der Waals surface area contributed by atoms with Gasteiger partial charge < -0.3 is 14.6 Å². The molecular weight excluding hydrogens is 351 g/mol. The first-order chi connectivity index (χ1) is 12.2. The van der Waals surface area contributed by atoms with Gasteiger partial charge in [0, 0.05) is 13.1 Å². The number of likely N-dealkylation sites (tertiary alicyclic amines) is 1. The third-order valence-electron chi connectivity index (χ3n) is 4.56. The Balaban J connectivity index is 1.91. The number of alkyl halides is 3. The van der Waals surface area contributed by atoms with Crippen LogP contribution in [0.15, 0.2) is 24.3 Å². The van der Waals surface area contributed by atoms with Crippen molar-refractivity contribution in [3.05, 3.63) is 30.1 Å². The van der Waals surface area contributed by atoms with Crippen molar-refractivity contribution in [2.75, 3.05) is 13.1 Å². The van der Waals surface area contributed by atoms with Crippen LogP contribution >= 0.6 is 0 Å². The largest absolute Gasteiger partial charge is 0.481 e. The number of carboxylic acids is 1. The molecule has 3 rings (SSSR count). The van der Waals surface area contributed by atoms with Gasteiger partial charge >= 0.3 is 12.1 Å². The van der Waals surface area contributed by atoms with E-state index in [2.05, 4.69) is 4.98 Å². The maximum absolute atomic E-state index is 13.3. The zero-order valence-electron chi connectivity index (χ0n) is 14.0. The molecule has 0 radical (unpaired) electrons. The van der Waals surface area contributed by atoms with E-state index in [9.17, 15) is 27.9 Å². The van der Waals surface area contributed by atoms with E-state index < -0.39 is 36.3 Å². The number of hydrogen-bond acceptors (Lipinski definition) is 3. The number of amides is 1. The number of carbonyl (C=O) groups is 2. The summed E-state index contributed by atoms with van der Waals surface area (Å²) < 4.78 is 40.8. The Bertz CT molecular complexity index is 847. The third-order valence-corrected chi connectivity index (χ3v) is 4.56. The first-order valence-corrected chi connectivity index (χ1v) is 8.20. The standard InChI is InChI=1S/C17H18F3N3O3/c1-10-6-11(15(25)26)8-22(7-10)14(24)9-23-13-5-3-2-4-12(13)21-16(23)17(18,19)20/h2-5,10-11H,6-9H2,1H3,(H,25,26). The molecule has 0 aliphatic carbocycles. The summed E-state index contributed by atoms with van der Waals surface area (Å²) in [5.74, 6) is -3.42. The quantitative estimate of drug-likeness (QED) is 0.903. The molecule has 26 heavy (non-hydrogen) atoms. The predicted octanol–water partition coefficient (Wildman–Crippen LogP) is 2.62. The van der Waals surface area contributed by atoms with E-state index in [1.807, 2.05) is 6.92 Å². The molecule has 1 amide bonds. The second-order valence-corrected chi connectivity index (χ2v) is 6.68. The topological polar surface area (TPSA) is 75.4 Å². The minimum Gasteiger partial charge on any atom is -0.481 e. The van der Waals surface area contributed by atoms with Crippen LogP contribution < -0.4 is 0 Å². The van der Waals surface area contributed by atoms with Crippen LogP contribution in [0.2, 0.25) is 0 Å². The van der Waals surface area contributed by atoms with Crippen molar-refractivity contribution in [2.45, 2.75) is 26.1 Å². The van der Waals surface area contributed by atoms with Gasteiger partial charge in [-0.15, -0.1) is 0 Å². The van der Waals surface area contributed by atoms with Gasteiger partial charge in [-0.2, -0.15) is 13.2 Å². The van der Waals surface area contributed by atoms with E-state index in [1.54, 1.807) is 12.1 Å². The molecule has 140 valence electrons. The fraction of sp³-hybridized carbons (Fsp3) is 0.471. The molecule has 0 bridgehead atoms. The van der Waals surface area contributed by atoms with Gasteiger partial charge in [0.05, 0.1) is 17.0 Å². The number of halogens is 3. The van der Waals surface area contributed by atoms with Crippen molar-refractivity contribution in [1.29, 1.82) is 0 Å². The third kappa shape index (κ3) is 3.51. The molecule has 1 fully saturated rings. The summed E-state index contributed by atoms with van der Waals surface area (Å²) in [5, 5.41) is 9.20.